The molecular weight excluding hydrogens is 397 g/mol. The zero-order chi connectivity index (χ0) is 19.1. The second kappa shape index (κ2) is 9.56. The van der Waals surface area contributed by atoms with Crippen molar-refractivity contribution in [3.63, 3.8) is 0 Å². The Labute approximate surface area is 165 Å². The Bertz CT molecular complexity index is 776. The van der Waals surface area contributed by atoms with E-state index in [0.29, 0.717) is 27.8 Å². The smallest absolute Gasteiger partial charge is 0.252 e. The minimum absolute atomic E-state index is 0.175. The minimum Gasteiger partial charge on any atom is -0.343 e. The first-order valence-electron chi connectivity index (χ1n) is 7.74. The predicted octanol–water partition coefficient (Wildman–Crippen LogP) is 3.27. The van der Waals surface area contributed by atoms with Gasteiger partial charge in [-0.05, 0) is 30.5 Å². The predicted molar refractivity (Wildman–Crippen MR) is 104 cm³/mol. The molecule has 0 aliphatic rings. The fourth-order valence-corrected chi connectivity index (χ4v) is 3.24. The van der Waals surface area contributed by atoms with Crippen molar-refractivity contribution in [2.24, 2.45) is 0 Å². The fourth-order valence-electron chi connectivity index (χ4n) is 2.11. The molecule has 0 unspecified atom stereocenters. The van der Waals surface area contributed by atoms with Crippen LogP contribution in [0.25, 0.3) is 0 Å². The summed E-state index contributed by atoms with van der Waals surface area (Å²) in [5.41, 5.74) is 0.798. The molecule has 9 heteroatoms. The van der Waals surface area contributed by atoms with Crippen molar-refractivity contribution in [2.75, 3.05) is 25.0 Å². The molecule has 6 nitrogen and oxygen atoms in total. The highest BCUT2D eigenvalue weighted by atomic mass is 35.5. The molecule has 0 saturated heterocycles. The summed E-state index contributed by atoms with van der Waals surface area (Å²) < 4.78 is 0. The molecule has 2 aromatic rings. The Kier molecular flexibility index (Phi) is 7.44. The Morgan fingerprint density at radius 1 is 1.15 bits per heavy atom. The van der Waals surface area contributed by atoms with Crippen LogP contribution in [0.15, 0.2) is 35.0 Å². The van der Waals surface area contributed by atoms with Gasteiger partial charge in [-0.25, -0.2) is 0 Å². The van der Waals surface area contributed by atoms with E-state index in [9.17, 15) is 14.4 Å². The van der Waals surface area contributed by atoms with E-state index in [-0.39, 0.29) is 24.9 Å². The van der Waals surface area contributed by atoms with Gasteiger partial charge in [-0.15, -0.1) is 0 Å². The molecule has 2 rings (SSSR count). The van der Waals surface area contributed by atoms with Gasteiger partial charge >= 0.3 is 0 Å². The number of halogens is 2. The Morgan fingerprint density at radius 2 is 1.85 bits per heavy atom. The molecule has 0 fully saturated rings. The molecule has 0 saturated carbocycles. The lowest BCUT2D eigenvalue weighted by Gasteiger charge is -2.21. The number of carbonyl (C=O) groups excluding carboxylic acids is 3. The number of thiophene rings is 1. The Morgan fingerprint density at radius 3 is 2.42 bits per heavy atom. The van der Waals surface area contributed by atoms with Gasteiger partial charge in [-0.1, -0.05) is 29.3 Å². The van der Waals surface area contributed by atoms with Crippen molar-refractivity contribution >= 4 is 57.9 Å². The van der Waals surface area contributed by atoms with Crippen LogP contribution in [-0.4, -0.2) is 42.3 Å². The van der Waals surface area contributed by atoms with E-state index in [0.717, 1.165) is 0 Å². The monoisotopic (exact) mass is 413 g/mol. The van der Waals surface area contributed by atoms with E-state index >= 15 is 0 Å². The van der Waals surface area contributed by atoms with Gasteiger partial charge in [0.2, 0.25) is 11.8 Å². The number of hydrogen-bond acceptors (Lipinski definition) is 4. The van der Waals surface area contributed by atoms with Crippen LogP contribution in [0.1, 0.15) is 17.3 Å². The van der Waals surface area contributed by atoms with E-state index in [4.69, 9.17) is 23.2 Å². The summed E-state index contributed by atoms with van der Waals surface area (Å²) in [5.74, 6) is -1.13. The second-order valence-corrected chi connectivity index (χ2v) is 6.84. The van der Waals surface area contributed by atoms with Crippen molar-refractivity contribution in [1.29, 1.82) is 0 Å². The maximum absolute atomic E-state index is 12.3. The third kappa shape index (κ3) is 5.45. The topological polar surface area (TPSA) is 78.5 Å². The summed E-state index contributed by atoms with van der Waals surface area (Å²) in [7, 11) is 0. The standard InChI is InChI=1S/C17H17Cl2N3O3S/c1-2-22(15(24)8-20-17(25)11-6-7-26-10-11)9-14(23)21-16-12(18)4-3-5-13(16)19/h3-7,10H,2,8-9H2,1H3,(H,20,25)(H,21,23). The molecule has 0 aliphatic heterocycles. The van der Waals surface area contributed by atoms with Crippen LogP contribution in [0.3, 0.4) is 0 Å². The number of benzene rings is 1. The van der Waals surface area contributed by atoms with E-state index in [2.05, 4.69) is 10.6 Å². The minimum atomic E-state index is -0.431. The van der Waals surface area contributed by atoms with E-state index in [1.807, 2.05) is 0 Å². The highest BCUT2D eigenvalue weighted by Crippen LogP contribution is 2.29. The number of para-hydroxylation sites is 1. The van der Waals surface area contributed by atoms with Gasteiger partial charge in [-0.2, -0.15) is 11.3 Å². The molecule has 1 aromatic heterocycles. The number of likely N-dealkylation sites (N-methyl/N-ethyl adjacent to an activating group) is 1. The maximum atomic E-state index is 12.3. The summed E-state index contributed by atoms with van der Waals surface area (Å²) in [4.78, 5) is 37.7. The number of anilines is 1. The second-order valence-electron chi connectivity index (χ2n) is 5.25. The number of nitrogens with zero attached hydrogens (tertiary/aromatic N) is 1. The van der Waals surface area contributed by atoms with Crippen molar-refractivity contribution in [2.45, 2.75) is 6.92 Å². The quantitative estimate of drug-likeness (QED) is 0.730. The van der Waals surface area contributed by atoms with Crippen LogP contribution in [0.2, 0.25) is 10.0 Å². The number of rotatable bonds is 7. The average molecular weight is 414 g/mol. The van der Waals surface area contributed by atoms with Crippen molar-refractivity contribution in [1.82, 2.24) is 10.2 Å². The molecule has 0 radical (unpaired) electrons. The molecule has 0 aliphatic carbocycles. The normalized spacial score (nSPS) is 10.3. The maximum Gasteiger partial charge on any atom is 0.252 e. The largest absolute Gasteiger partial charge is 0.343 e. The van der Waals surface area contributed by atoms with Crippen LogP contribution in [-0.2, 0) is 9.59 Å². The summed E-state index contributed by atoms with van der Waals surface area (Å²) in [5, 5.41) is 9.23. The van der Waals surface area contributed by atoms with Crippen molar-refractivity contribution in [3.05, 3.63) is 50.6 Å². The summed E-state index contributed by atoms with van der Waals surface area (Å²) in [6, 6.07) is 6.54. The molecule has 0 atom stereocenters. The lowest BCUT2D eigenvalue weighted by atomic mass is 10.3. The van der Waals surface area contributed by atoms with Crippen LogP contribution < -0.4 is 10.6 Å². The summed E-state index contributed by atoms with van der Waals surface area (Å²) in [6.07, 6.45) is 0. The van der Waals surface area contributed by atoms with E-state index in [1.165, 1.54) is 16.2 Å². The summed E-state index contributed by atoms with van der Waals surface area (Å²) in [6.45, 7) is 1.69. The highest BCUT2D eigenvalue weighted by Gasteiger charge is 2.18. The van der Waals surface area contributed by atoms with Gasteiger partial charge in [0.1, 0.15) is 0 Å². The first-order chi connectivity index (χ1) is 12.4. The molecule has 1 aromatic carbocycles. The lowest BCUT2D eigenvalue weighted by Crippen LogP contribution is -2.43. The highest BCUT2D eigenvalue weighted by molar-refractivity contribution is 7.08. The third-order valence-corrected chi connectivity index (χ3v) is 4.79. The Balaban J connectivity index is 1.90. The number of hydrogen-bond donors (Lipinski definition) is 2. The lowest BCUT2D eigenvalue weighted by molar-refractivity contribution is -0.133. The number of nitrogens with one attached hydrogen (secondary N) is 2. The van der Waals surface area contributed by atoms with Crippen molar-refractivity contribution in [3.8, 4) is 0 Å². The molecule has 138 valence electrons. The van der Waals surface area contributed by atoms with Crippen LogP contribution in [0, 0.1) is 0 Å². The first-order valence-corrected chi connectivity index (χ1v) is 9.44. The van der Waals surface area contributed by atoms with Gasteiger partial charge in [0.25, 0.3) is 5.91 Å². The number of amides is 3. The summed E-state index contributed by atoms with van der Waals surface area (Å²) >= 11 is 13.4. The zero-order valence-corrected chi connectivity index (χ0v) is 16.2. The molecule has 2 N–H and O–H groups in total. The molecular formula is C17H17Cl2N3O3S. The van der Waals surface area contributed by atoms with Gasteiger partial charge < -0.3 is 15.5 Å². The van der Waals surface area contributed by atoms with Crippen LogP contribution in [0.5, 0.6) is 0 Å². The molecule has 0 spiro atoms. The van der Waals surface area contributed by atoms with Gasteiger partial charge in [0, 0.05) is 17.5 Å². The van der Waals surface area contributed by atoms with Gasteiger partial charge in [-0.3, -0.25) is 14.4 Å². The number of carbonyl (C=O) groups is 3. The van der Waals surface area contributed by atoms with Crippen molar-refractivity contribution < 1.29 is 14.4 Å². The van der Waals surface area contributed by atoms with Crippen LogP contribution >= 0.6 is 34.5 Å². The Hall–Kier alpha value is -2.09. The molecule has 1 heterocycles. The SMILES string of the molecule is CCN(CC(=O)Nc1c(Cl)cccc1Cl)C(=O)CNC(=O)c1ccsc1. The zero-order valence-electron chi connectivity index (χ0n) is 13.9. The van der Waals surface area contributed by atoms with Gasteiger partial charge in [0.15, 0.2) is 0 Å². The molecule has 3 amide bonds. The third-order valence-electron chi connectivity index (χ3n) is 3.48. The first kappa shape index (κ1) is 20.2. The van der Waals surface area contributed by atoms with Gasteiger partial charge in [0.05, 0.1) is 28.8 Å². The van der Waals surface area contributed by atoms with E-state index in [1.54, 1.807) is 41.9 Å². The fraction of sp³-hybridized carbons (Fsp3) is 0.235. The van der Waals surface area contributed by atoms with Crippen LogP contribution in [0.4, 0.5) is 5.69 Å². The van der Waals surface area contributed by atoms with E-state index < -0.39 is 5.91 Å². The molecule has 0 bridgehead atoms. The average Bonchev–Trinajstić information content (AvgIpc) is 3.15. The molecule has 26 heavy (non-hydrogen) atoms.